The summed E-state index contributed by atoms with van der Waals surface area (Å²) < 4.78 is 6.14. The lowest BCUT2D eigenvalue weighted by atomic mass is 9.98. The molecule has 1 aliphatic carbocycles. The standard InChI is InChI=1S/C26H23BrN2O5/c1-15(25(31)32)13-28-24(30)16-10-17(27)12-18(11-16)29-26(33)34-14-23-21-8-4-2-6-19(21)20-7-3-5-9-22(20)23/h2-12,15,23H,13-14H2,1H3,(H,28,30)(H,29,33)(H,31,32). The predicted molar refractivity (Wildman–Crippen MR) is 132 cm³/mol. The first kappa shape index (κ1) is 23.5. The first-order valence-electron chi connectivity index (χ1n) is 10.8. The van der Waals surface area contributed by atoms with Crippen LogP contribution in [0.1, 0.15) is 34.3 Å². The molecular formula is C26H23BrN2O5. The van der Waals surface area contributed by atoms with Gasteiger partial charge in [-0.3, -0.25) is 14.9 Å². The minimum Gasteiger partial charge on any atom is -0.481 e. The molecule has 1 unspecified atom stereocenters. The summed E-state index contributed by atoms with van der Waals surface area (Å²) in [6.45, 7) is 1.68. The van der Waals surface area contributed by atoms with Crippen molar-refractivity contribution in [1.82, 2.24) is 5.32 Å². The van der Waals surface area contributed by atoms with Gasteiger partial charge in [0.2, 0.25) is 0 Å². The third-order valence-electron chi connectivity index (χ3n) is 5.74. The van der Waals surface area contributed by atoms with Crippen molar-refractivity contribution < 1.29 is 24.2 Å². The highest BCUT2D eigenvalue weighted by atomic mass is 79.9. The quantitative estimate of drug-likeness (QED) is 0.392. The number of hydrogen-bond donors (Lipinski definition) is 3. The molecule has 174 valence electrons. The molecule has 3 aromatic carbocycles. The number of aliphatic carboxylic acids is 1. The number of carbonyl (C=O) groups is 3. The molecule has 0 aromatic heterocycles. The van der Waals surface area contributed by atoms with Gasteiger partial charge in [-0.05, 0) is 40.5 Å². The number of amides is 2. The molecule has 2 amide bonds. The van der Waals surface area contributed by atoms with Crippen LogP contribution in [0.15, 0.2) is 71.2 Å². The Kier molecular flexibility index (Phi) is 6.98. The molecule has 0 fully saturated rings. The van der Waals surface area contributed by atoms with Crippen LogP contribution in [0, 0.1) is 5.92 Å². The molecule has 1 atom stereocenters. The largest absolute Gasteiger partial charge is 0.481 e. The van der Waals surface area contributed by atoms with E-state index in [0.717, 1.165) is 22.3 Å². The number of halogens is 1. The van der Waals surface area contributed by atoms with E-state index in [0.29, 0.717) is 10.2 Å². The summed E-state index contributed by atoms with van der Waals surface area (Å²) in [6.07, 6.45) is -0.634. The maximum absolute atomic E-state index is 12.6. The molecule has 0 aliphatic heterocycles. The van der Waals surface area contributed by atoms with Crippen molar-refractivity contribution in [2.24, 2.45) is 5.92 Å². The Morgan fingerprint density at radius 2 is 1.62 bits per heavy atom. The van der Waals surface area contributed by atoms with Gasteiger partial charge in [0.1, 0.15) is 6.61 Å². The van der Waals surface area contributed by atoms with Crippen LogP contribution in [-0.2, 0) is 9.53 Å². The van der Waals surface area contributed by atoms with Gasteiger partial charge in [-0.15, -0.1) is 0 Å². The number of benzene rings is 3. The molecule has 0 radical (unpaired) electrons. The van der Waals surface area contributed by atoms with Gasteiger partial charge in [-0.25, -0.2) is 4.79 Å². The van der Waals surface area contributed by atoms with Crippen LogP contribution in [0.5, 0.6) is 0 Å². The highest BCUT2D eigenvalue weighted by Crippen LogP contribution is 2.44. The van der Waals surface area contributed by atoms with Gasteiger partial charge in [0.05, 0.1) is 5.92 Å². The van der Waals surface area contributed by atoms with E-state index >= 15 is 0 Å². The van der Waals surface area contributed by atoms with Gasteiger partial charge in [0.15, 0.2) is 0 Å². The van der Waals surface area contributed by atoms with Crippen LogP contribution in [-0.4, -0.2) is 36.2 Å². The van der Waals surface area contributed by atoms with Gasteiger partial charge in [0.25, 0.3) is 5.91 Å². The van der Waals surface area contributed by atoms with Crippen LogP contribution in [0.2, 0.25) is 0 Å². The van der Waals surface area contributed by atoms with Crippen LogP contribution in [0.25, 0.3) is 11.1 Å². The normalized spacial score (nSPS) is 12.9. The molecule has 8 heteroatoms. The molecule has 0 saturated carbocycles. The number of carboxylic acids is 1. The van der Waals surface area contributed by atoms with Crippen LogP contribution in [0.4, 0.5) is 10.5 Å². The van der Waals surface area contributed by atoms with E-state index in [2.05, 4.69) is 38.7 Å². The van der Waals surface area contributed by atoms with Crippen molar-refractivity contribution >= 4 is 39.6 Å². The molecule has 34 heavy (non-hydrogen) atoms. The molecule has 3 N–H and O–H groups in total. The van der Waals surface area contributed by atoms with Crippen molar-refractivity contribution in [2.45, 2.75) is 12.8 Å². The molecule has 0 bridgehead atoms. The van der Waals surface area contributed by atoms with Gasteiger partial charge in [0, 0.05) is 28.2 Å². The molecule has 7 nitrogen and oxygen atoms in total. The van der Waals surface area contributed by atoms with Crippen molar-refractivity contribution in [3.05, 3.63) is 87.9 Å². The van der Waals surface area contributed by atoms with Gasteiger partial charge in [-0.2, -0.15) is 0 Å². The number of fused-ring (bicyclic) bond motifs is 3. The number of carbonyl (C=O) groups excluding carboxylic acids is 2. The summed E-state index contributed by atoms with van der Waals surface area (Å²) in [5, 5.41) is 14.2. The Morgan fingerprint density at radius 1 is 1.00 bits per heavy atom. The van der Waals surface area contributed by atoms with E-state index in [-0.39, 0.29) is 24.6 Å². The Labute approximate surface area is 205 Å². The van der Waals surface area contributed by atoms with Crippen LogP contribution >= 0.6 is 15.9 Å². The fourth-order valence-electron chi connectivity index (χ4n) is 3.98. The fourth-order valence-corrected chi connectivity index (χ4v) is 4.47. The monoisotopic (exact) mass is 522 g/mol. The predicted octanol–water partition coefficient (Wildman–Crippen LogP) is 5.26. The topological polar surface area (TPSA) is 105 Å². The number of carboxylic acid groups (broad SMARTS) is 1. The minimum absolute atomic E-state index is 0.00415. The van der Waals surface area contributed by atoms with Crippen molar-refractivity contribution in [1.29, 1.82) is 0 Å². The molecule has 0 heterocycles. The third kappa shape index (κ3) is 5.12. The van der Waals surface area contributed by atoms with Crippen molar-refractivity contribution in [3.8, 4) is 11.1 Å². The first-order valence-corrected chi connectivity index (χ1v) is 11.6. The zero-order chi connectivity index (χ0) is 24.2. The maximum atomic E-state index is 12.6. The van der Waals surface area contributed by atoms with E-state index in [4.69, 9.17) is 9.84 Å². The maximum Gasteiger partial charge on any atom is 0.411 e. The Morgan fingerprint density at radius 3 is 2.24 bits per heavy atom. The minimum atomic E-state index is -0.993. The van der Waals surface area contributed by atoms with Crippen molar-refractivity contribution in [2.75, 3.05) is 18.5 Å². The Hall–Kier alpha value is -3.65. The molecule has 4 rings (SSSR count). The SMILES string of the molecule is CC(CNC(=O)c1cc(Br)cc(NC(=O)OCC2c3ccccc3-c3ccccc32)c1)C(=O)O. The average Bonchev–Trinajstić information content (AvgIpc) is 3.14. The average molecular weight is 523 g/mol. The zero-order valence-corrected chi connectivity index (χ0v) is 20.0. The number of hydrogen-bond acceptors (Lipinski definition) is 4. The highest BCUT2D eigenvalue weighted by Gasteiger charge is 2.29. The Balaban J connectivity index is 1.41. The molecular weight excluding hydrogens is 500 g/mol. The smallest absolute Gasteiger partial charge is 0.411 e. The number of rotatable bonds is 7. The Bertz CT molecular complexity index is 1210. The lowest BCUT2D eigenvalue weighted by Crippen LogP contribution is -2.31. The zero-order valence-electron chi connectivity index (χ0n) is 18.4. The highest BCUT2D eigenvalue weighted by molar-refractivity contribution is 9.10. The molecule has 0 saturated heterocycles. The number of ether oxygens (including phenoxy) is 1. The molecule has 0 spiro atoms. The summed E-state index contributed by atoms with van der Waals surface area (Å²) in [5.74, 6) is -2.20. The van der Waals surface area contributed by atoms with Crippen molar-refractivity contribution in [3.63, 3.8) is 0 Å². The van der Waals surface area contributed by atoms with Gasteiger partial charge in [-0.1, -0.05) is 71.4 Å². The van der Waals surface area contributed by atoms with Gasteiger partial charge < -0.3 is 15.2 Å². The summed E-state index contributed by atoms with van der Waals surface area (Å²) in [6, 6.07) is 20.9. The first-order chi connectivity index (χ1) is 16.3. The second-order valence-corrected chi connectivity index (χ2v) is 9.04. The third-order valence-corrected chi connectivity index (χ3v) is 6.20. The lowest BCUT2D eigenvalue weighted by Gasteiger charge is -2.15. The van der Waals surface area contributed by atoms with E-state index < -0.39 is 23.9 Å². The van der Waals surface area contributed by atoms with Crippen LogP contribution in [0.3, 0.4) is 0 Å². The number of anilines is 1. The van der Waals surface area contributed by atoms with E-state index in [9.17, 15) is 14.4 Å². The summed E-state index contributed by atoms with van der Waals surface area (Å²) in [5.41, 5.74) is 5.19. The fraction of sp³-hybridized carbons (Fsp3) is 0.192. The van der Waals surface area contributed by atoms with E-state index in [1.165, 1.54) is 13.0 Å². The van der Waals surface area contributed by atoms with Crippen LogP contribution < -0.4 is 10.6 Å². The summed E-state index contributed by atoms with van der Waals surface area (Å²) >= 11 is 3.34. The second-order valence-electron chi connectivity index (χ2n) is 8.13. The molecule has 1 aliphatic rings. The second kappa shape index (κ2) is 10.1. The summed E-state index contributed by atoms with van der Waals surface area (Å²) in [7, 11) is 0. The van der Waals surface area contributed by atoms with Gasteiger partial charge >= 0.3 is 12.1 Å². The number of nitrogens with one attached hydrogen (secondary N) is 2. The van der Waals surface area contributed by atoms with E-state index in [1.54, 1.807) is 12.1 Å². The lowest BCUT2D eigenvalue weighted by molar-refractivity contribution is -0.140. The van der Waals surface area contributed by atoms with E-state index in [1.807, 2.05) is 36.4 Å². The summed E-state index contributed by atoms with van der Waals surface area (Å²) in [4.78, 5) is 35.9. The molecule has 3 aromatic rings.